The number of amides is 2. The number of methoxy groups -OCH3 is 2. The van der Waals surface area contributed by atoms with Gasteiger partial charge in [0, 0.05) is 11.4 Å². The van der Waals surface area contributed by atoms with Crippen molar-refractivity contribution in [2.75, 3.05) is 24.4 Å². The summed E-state index contributed by atoms with van der Waals surface area (Å²) in [6, 6.07) is 19.7. The van der Waals surface area contributed by atoms with Gasteiger partial charge in [0.05, 0.1) is 31.9 Å². The van der Waals surface area contributed by atoms with Crippen LogP contribution in [0.1, 0.15) is 26.3 Å². The van der Waals surface area contributed by atoms with E-state index in [0.717, 1.165) is 17.0 Å². The van der Waals surface area contributed by atoms with Gasteiger partial charge >= 0.3 is 0 Å². The molecular weight excluding hydrogens is 368 g/mol. The average molecular weight is 388 g/mol. The van der Waals surface area contributed by atoms with E-state index in [1.54, 1.807) is 55.5 Å². The van der Waals surface area contributed by atoms with Crippen molar-refractivity contribution in [3.63, 3.8) is 0 Å². The van der Waals surface area contributed by atoms with Crippen LogP contribution in [0.4, 0.5) is 11.4 Å². The maximum atomic E-state index is 13.1. The van der Waals surface area contributed by atoms with E-state index in [4.69, 9.17) is 9.47 Å². The van der Waals surface area contributed by atoms with E-state index in [2.05, 4.69) is 5.32 Å². The lowest BCUT2D eigenvalue weighted by Crippen LogP contribution is -2.24. The van der Waals surface area contributed by atoms with Crippen molar-refractivity contribution in [1.29, 1.82) is 0 Å². The first-order valence-electron chi connectivity index (χ1n) is 9.14. The fourth-order valence-electron chi connectivity index (χ4n) is 3.39. The van der Waals surface area contributed by atoms with Gasteiger partial charge in [0.1, 0.15) is 11.5 Å². The van der Waals surface area contributed by atoms with Crippen LogP contribution in [0.2, 0.25) is 0 Å². The third-order valence-corrected chi connectivity index (χ3v) is 4.91. The molecule has 1 heterocycles. The summed E-state index contributed by atoms with van der Waals surface area (Å²) >= 11 is 0. The molecule has 0 saturated heterocycles. The Morgan fingerprint density at radius 2 is 1.52 bits per heavy atom. The summed E-state index contributed by atoms with van der Waals surface area (Å²) in [4.78, 5) is 27.6. The molecule has 4 rings (SSSR count). The molecule has 0 radical (unpaired) electrons. The molecule has 0 atom stereocenters. The average Bonchev–Trinajstić information content (AvgIpc) is 3.11. The third-order valence-electron chi connectivity index (χ3n) is 4.91. The van der Waals surface area contributed by atoms with E-state index in [1.165, 1.54) is 0 Å². The van der Waals surface area contributed by atoms with Crippen molar-refractivity contribution in [2.24, 2.45) is 0 Å². The fraction of sp³-hybridized carbons (Fsp3) is 0.130. The van der Waals surface area contributed by atoms with Crippen LogP contribution in [0, 0.1) is 0 Å². The van der Waals surface area contributed by atoms with E-state index >= 15 is 0 Å². The van der Waals surface area contributed by atoms with Crippen LogP contribution in [0.15, 0.2) is 66.7 Å². The molecule has 0 unspecified atom stereocenters. The largest absolute Gasteiger partial charge is 0.497 e. The van der Waals surface area contributed by atoms with Crippen LogP contribution in [0.5, 0.6) is 11.5 Å². The number of carbonyl (C=O) groups is 2. The van der Waals surface area contributed by atoms with Gasteiger partial charge in [0.2, 0.25) is 0 Å². The Bertz CT molecular complexity index is 1060. The number of nitrogens with zero attached hydrogens (tertiary/aromatic N) is 1. The zero-order chi connectivity index (χ0) is 20.4. The van der Waals surface area contributed by atoms with Gasteiger partial charge in [-0.05, 0) is 60.2 Å². The van der Waals surface area contributed by atoms with E-state index in [-0.39, 0.29) is 11.8 Å². The Labute approximate surface area is 168 Å². The molecule has 29 heavy (non-hydrogen) atoms. The highest BCUT2D eigenvalue weighted by Crippen LogP contribution is 2.31. The van der Waals surface area contributed by atoms with Crippen molar-refractivity contribution >= 4 is 23.2 Å². The number of nitrogens with one attached hydrogen (secondary N) is 1. The maximum absolute atomic E-state index is 13.1. The quantitative estimate of drug-likeness (QED) is 0.714. The maximum Gasteiger partial charge on any atom is 0.259 e. The van der Waals surface area contributed by atoms with Crippen LogP contribution >= 0.6 is 0 Å². The molecule has 1 aliphatic heterocycles. The lowest BCUT2D eigenvalue weighted by atomic mass is 10.0. The Hall–Kier alpha value is -3.80. The minimum atomic E-state index is -0.322. The van der Waals surface area contributed by atoms with Gasteiger partial charge in [-0.1, -0.05) is 12.1 Å². The first kappa shape index (κ1) is 18.6. The number of anilines is 2. The zero-order valence-electron chi connectivity index (χ0n) is 16.1. The monoisotopic (exact) mass is 388 g/mol. The van der Waals surface area contributed by atoms with E-state index in [1.807, 2.05) is 30.3 Å². The first-order valence-corrected chi connectivity index (χ1v) is 9.14. The van der Waals surface area contributed by atoms with Crippen LogP contribution < -0.4 is 19.7 Å². The highest BCUT2D eigenvalue weighted by atomic mass is 16.5. The van der Waals surface area contributed by atoms with Gasteiger partial charge in [0.15, 0.2) is 0 Å². The van der Waals surface area contributed by atoms with Gasteiger partial charge < -0.3 is 19.7 Å². The van der Waals surface area contributed by atoms with Crippen molar-refractivity contribution < 1.29 is 19.1 Å². The SMILES string of the molecule is COc1ccc(NC(=O)c2cccc3c2C(=O)N(c2ccc(OC)cc2)C3)cc1. The summed E-state index contributed by atoms with van der Waals surface area (Å²) in [5.74, 6) is 0.911. The molecule has 0 saturated carbocycles. The summed E-state index contributed by atoms with van der Waals surface area (Å²) in [7, 11) is 3.18. The Balaban J connectivity index is 1.60. The van der Waals surface area contributed by atoms with E-state index in [0.29, 0.717) is 29.1 Å². The predicted molar refractivity (Wildman–Crippen MR) is 111 cm³/mol. The number of hydrogen-bond donors (Lipinski definition) is 1. The second-order valence-corrected chi connectivity index (χ2v) is 6.61. The Kier molecular flexibility index (Phi) is 4.91. The van der Waals surface area contributed by atoms with Crippen LogP contribution in [-0.2, 0) is 6.54 Å². The number of benzene rings is 3. The summed E-state index contributed by atoms with van der Waals surface area (Å²) in [5.41, 5.74) is 3.02. The van der Waals surface area contributed by atoms with Crippen LogP contribution in [0.25, 0.3) is 0 Å². The highest BCUT2D eigenvalue weighted by molar-refractivity contribution is 6.18. The number of hydrogen-bond acceptors (Lipinski definition) is 4. The topological polar surface area (TPSA) is 67.9 Å². The normalized spacial score (nSPS) is 12.5. The van der Waals surface area contributed by atoms with E-state index in [9.17, 15) is 9.59 Å². The second-order valence-electron chi connectivity index (χ2n) is 6.61. The second kappa shape index (κ2) is 7.67. The molecule has 0 fully saturated rings. The number of ether oxygens (including phenoxy) is 2. The predicted octanol–water partition coefficient (Wildman–Crippen LogP) is 4.12. The van der Waals surface area contributed by atoms with Gasteiger partial charge in [-0.15, -0.1) is 0 Å². The lowest BCUT2D eigenvalue weighted by molar-refractivity contribution is 0.0976. The van der Waals surface area contributed by atoms with E-state index < -0.39 is 0 Å². The first-order chi connectivity index (χ1) is 14.1. The van der Waals surface area contributed by atoms with Crippen LogP contribution in [-0.4, -0.2) is 26.0 Å². The molecule has 1 aliphatic rings. The van der Waals surface area contributed by atoms with Crippen molar-refractivity contribution in [3.05, 3.63) is 83.4 Å². The summed E-state index contributed by atoms with van der Waals surface area (Å²) < 4.78 is 10.3. The summed E-state index contributed by atoms with van der Waals surface area (Å²) in [5, 5.41) is 2.85. The van der Waals surface area contributed by atoms with Crippen LogP contribution in [0.3, 0.4) is 0 Å². The summed E-state index contributed by atoms with van der Waals surface area (Å²) in [6.45, 7) is 0.421. The molecule has 2 amide bonds. The molecular formula is C23H20N2O4. The highest BCUT2D eigenvalue weighted by Gasteiger charge is 2.32. The van der Waals surface area contributed by atoms with Crippen molar-refractivity contribution in [3.8, 4) is 11.5 Å². The van der Waals surface area contributed by atoms with Gasteiger partial charge in [-0.25, -0.2) is 0 Å². The molecule has 6 nitrogen and oxygen atoms in total. The summed E-state index contributed by atoms with van der Waals surface area (Å²) in [6.07, 6.45) is 0. The smallest absolute Gasteiger partial charge is 0.259 e. The lowest BCUT2D eigenvalue weighted by Gasteiger charge is -2.16. The Morgan fingerprint density at radius 3 is 2.14 bits per heavy atom. The molecule has 3 aromatic carbocycles. The van der Waals surface area contributed by atoms with Gasteiger partial charge in [0.25, 0.3) is 11.8 Å². The Morgan fingerprint density at radius 1 is 0.897 bits per heavy atom. The number of fused-ring (bicyclic) bond motifs is 1. The third kappa shape index (κ3) is 3.52. The molecule has 146 valence electrons. The molecule has 0 aliphatic carbocycles. The van der Waals surface area contributed by atoms with Crippen molar-refractivity contribution in [1.82, 2.24) is 0 Å². The number of rotatable bonds is 5. The molecule has 6 heteroatoms. The van der Waals surface area contributed by atoms with Gasteiger partial charge in [-0.3, -0.25) is 9.59 Å². The van der Waals surface area contributed by atoms with Crippen molar-refractivity contribution in [2.45, 2.75) is 6.54 Å². The fourth-order valence-corrected chi connectivity index (χ4v) is 3.39. The zero-order valence-corrected chi connectivity index (χ0v) is 16.1. The molecule has 1 N–H and O–H groups in total. The minimum Gasteiger partial charge on any atom is -0.497 e. The molecule has 0 spiro atoms. The molecule has 0 bridgehead atoms. The molecule has 0 aromatic heterocycles. The standard InChI is InChI=1S/C23H20N2O4/c1-28-18-10-6-16(7-11-18)24-22(26)20-5-3-4-15-14-25(23(27)21(15)20)17-8-12-19(29-2)13-9-17/h3-13H,14H2,1-2H3,(H,24,26). The number of carbonyl (C=O) groups excluding carboxylic acids is 2. The van der Waals surface area contributed by atoms with Gasteiger partial charge in [-0.2, -0.15) is 0 Å². The minimum absolute atomic E-state index is 0.189. The molecule has 3 aromatic rings.